The standard InChI is InChI=1S/C16H15N3O3S/c1-9-12(13-14(22-9)17-8-18(2)15(13)20)16(21)19-5-3-11-10(7-19)4-6-23-11/h4,6,8H,3,5,7H2,1-2H3. The maximum absolute atomic E-state index is 13.0. The minimum atomic E-state index is -0.261. The van der Waals surface area contributed by atoms with Gasteiger partial charge in [-0.2, -0.15) is 0 Å². The molecule has 4 rings (SSSR count). The Morgan fingerprint density at radius 1 is 1.43 bits per heavy atom. The van der Waals surface area contributed by atoms with Gasteiger partial charge in [0.2, 0.25) is 5.71 Å². The van der Waals surface area contributed by atoms with Gasteiger partial charge in [0, 0.05) is 25.0 Å². The summed E-state index contributed by atoms with van der Waals surface area (Å²) < 4.78 is 6.89. The van der Waals surface area contributed by atoms with E-state index in [9.17, 15) is 9.59 Å². The zero-order chi connectivity index (χ0) is 16.1. The van der Waals surface area contributed by atoms with Gasteiger partial charge in [-0.25, -0.2) is 4.98 Å². The van der Waals surface area contributed by atoms with Crippen molar-refractivity contribution in [3.8, 4) is 0 Å². The van der Waals surface area contributed by atoms with E-state index in [-0.39, 0.29) is 22.6 Å². The molecule has 6 nitrogen and oxygen atoms in total. The van der Waals surface area contributed by atoms with Crippen molar-refractivity contribution in [3.63, 3.8) is 0 Å². The fraction of sp³-hybridized carbons (Fsp3) is 0.312. The van der Waals surface area contributed by atoms with Crippen LogP contribution in [0.25, 0.3) is 11.1 Å². The van der Waals surface area contributed by atoms with E-state index in [1.807, 2.05) is 0 Å². The van der Waals surface area contributed by atoms with Crippen molar-refractivity contribution in [2.45, 2.75) is 19.9 Å². The predicted octanol–water partition coefficient (Wildman–Crippen LogP) is 2.09. The Kier molecular flexibility index (Phi) is 3.12. The Balaban J connectivity index is 1.80. The van der Waals surface area contributed by atoms with Gasteiger partial charge in [0.15, 0.2) is 0 Å². The number of hydrogen-bond donors (Lipinski definition) is 0. The molecular formula is C16H15N3O3S. The van der Waals surface area contributed by atoms with E-state index in [0.29, 0.717) is 24.4 Å². The first-order valence-corrected chi connectivity index (χ1v) is 8.23. The first-order chi connectivity index (χ1) is 11.1. The first-order valence-electron chi connectivity index (χ1n) is 7.35. The Hall–Kier alpha value is -2.41. The molecule has 1 amide bonds. The van der Waals surface area contributed by atoms with Crippen LogP contribution in [0.2, 0.25) is 0 Å². The van der Waals surface area contributed by atoms with Gasteiger partial charge in [-0.1, -0.05) is 0 Å². The molecule has 0 aliphatic carbocycles. The second kappa shape index (κ2) is 5.06. The summed E-state index contributed by atoms with van der Waals surface area (Å²) in [6.07, 6.45) is 2.25. The number of furan rings is 1. The van der Waals surface area contributed by atoms with Gasteiger partial charge < -0.3 is 13.9 Å². The predicted molar refractivity (Wildman–Crippen MR) is 86.8 cm³/mol. The van der Waals surface area contributed by atoms with Crippen molar-refractivity contribution in [3.05, 3.63) is 49.9 Å². The molecule has 0 saturated carbocycles. The molecule has 7 heteroatoms. The zero-order valence-corrected chi connectivity index (χ0v) is 13.6. The van der Waals surface area contributed by atoms with Gasteiger partial charge in [0.05, 0.1) is 5.56 Å². The molecule has 4 heterocycles. The summed E-state index contributed by atoms with van der Waals surface area (Å²) in [7, 11) is 1.61. The summed E-state index contributed by atoms with van der Waals surface area (Å²) in [5.41, 5.74) is 1.49. The number of fused-ring (bicyclic) bond motifs is 2. The van der Waals surface area contributed by atoms with Crippen molar-refractivity contribution in [2.24, 2.45) is 7.05 Å². The molecule has 0 bridgehead atoms. The highest BCUT2D eigenvalue weighted by Crippen LogP contribution is 2.28. The third kappa shape index (κ3) is 2.11. The summed E-state index contributed by atoms with van der Waals surface area (Å²) in [5.74, 6) is 0.278. The number of carbonyl (C=O) groups excluding carboxylic acids is 1. The van der Waals surface area contributed by atoms with Gasteiger partial charge >= 0.3 is 0 Å². The number of aryl methyl sites for hydroxylation is 2. The Labute approximate surface area is 136 Å². The lowest BCUT2D eigenvalue weighted by Crippen LogP contribution is -2.36. The van der Waals surface area contributed by atoms with Gasteiger partial charge in [-0.3, -0.25) is 9.59 Å². The average molecular weight is 329 g/mol. The molecule has 0 radical (unpaired) electrons. The molecule has 0 atom stereocenters. The lowest BCUT2D eigenvalue weighted by atomic mass is 10.1. The number of carbonyl (C=O) groups is 1. The van der Waals surface area contributed by atoms with E-state index in [0.717, 1.165) is 6.42 Å². The summed E-state index contributed by atoms with van der Waals surface area (Å²) in [6.45, 7) is 2.93. The van der Waals surface area contributed by atoms with Crippen LogP contribution in [0.4, 0.5) is 0 Å². The highest BCUT2D eigenvalue weighted by atomic mass is 32.1. The van der Waals surface area contributed by atoms with Crippen LogP contribution >= 0.6 is 11.3 Å². The topological polar surface area (TPSA) is 68.3 Å². The van der Waals surface area contributed by atoms with Crippen molar-refractivity contribution < 1.29 is 9.21 Å². The largest absolute Gasteiger partial charge is 0.442 e. The molecule has 1 aliphatic heterocycles. The van der Waals surface area contributed by atoms with E-state index in [4.69, 9.17) is 4.42 Å². The third-order valence-electron chi connectivity index (χ3n) is 4.26. The maximum atomic E-state index is 13.0. The van der Waals surface area contributed by atoms with Crippen LogP contribution < -0.4 is 5.56 Å². The molecule has 23 heavy (non-hydrogen) atoms. The number of aromatic nitrogens is 2. The van der Waals surface area contributed by atoms with Gasteiger partial charge in [-0.15, -0.1) is 11.3 Å². The van der Waals surface area contributed by atoms with Gasteiger partial charge in [0.25, 0.3) is 11.5 Å². The minimum absolute atomic E-state index is 0.164. The lowest BCUT2D eigenvalue weighted by molar-refractivity contribution is 0.0735. The van der Waals surface area contributed by atoms with Crippen molar-refractivity contribution in [1.29, 1.82) is 0 Å². The van der Waals surface area contributed by atoms with Gasteiger partial charge in [0.1, 0.15) is 17.5 Å². The Morgan fingerprint density at radius 2 is 2.26 bits per heavy atom. The first kappa shape index (κ1) is 14.2. The monoisotopic (exact) mass is 329 g/mol. The quantitative estimate of drug-likeness (QED) is 0.685. The second-order valence-electron chi connectivity index (χ2n) is 5.72. The molecule has 1 aliphatic rings. The summed E-state index contributed by atoms with van der Waals surface area (Å²) in [4.78, 5) is 32.6. The van der Waals surface area contributed by atoms with Crippen LogP contribution in [-0.2, 0) is 20.0 Å². The smallest absolute Gasteiger partial charge is 0.265 e. The molecule has 0 N–H and O–H groups in total. The van der Waals surface area contributed by atoms with E-state index in [1.54, 1.807) is 30.2 Å². The van der Waals surface area contributed by atoms with Crippen LogP contribution in [-0.4, -0.2) is 26.9 Å². The number of thiophene rings is 1. The average Bonchev–Trinajstić information content (AvgIpc) is 3.13. The van der Waals surface area contributed by atoms with Crippen LogP contribution in [0.5, 0.6) is 0 Å². The molecule has 0 aromatic carbocycles. The summed E-state index contributed by atoms with van der Waals surface area (Å²) >= 11 is 1.73. The Morgan fingerprint density at radius 3 is 3.09 bits per heavy atom. The molecule has 3 aromatic heterocycles. The molecule has 0 fully saturated rings. The molecule has 0 saturated heterocycles. The number of amides is 1. The van der Waals surface area contributed by atoms with Crippen LogP contribution in [0.15, 0.2) is 27.0 Å². The Bertz CT molecular complexity index is 982. The summed E-state index contributed by atoms with van der Waals surface area (Å²) in [5, 5.41) is 2.32. The molecule has 3 aromatic rings. The van der Waals surface area contributed by atoms with Crippen LogP contribution in [0.1, 0.15) is 26.6 Å². The fourth-order valence-corrected chi connectivity index (χ4v) is 3.91. The van der Waals surface area contributed by atoms with E-state index in [2.05, 4.69) is 16.4 Å². The number of rotatable bonds is 1. The highest BCUT2D eigenvalue weighted by molar-refractivity contribution is 7.10. The van der Waals surface area contributed by atoms with E-state index < -0.39 is 0 Å². The van der Waals surface area contributed by atoms with Crippen LogP contribution in [0.3, 0.4) is 0 Å². The van der Waals surface area contributed by atoms with Crippen LogP contribution in [0, 0.1) is 6.92 Å². The van der Waals surface area contributed by atoms with Crippen molar-refractivity contribution >= 4 is 28.3 Å². The van der Waals surface area contributed by atoms with Crippen molar-refractivity contribution in [2.75, 3.05) is 6.54 Å². The zero-order valence-electron chi connectivity index (χ0n) is 12.8. The third-order valence-corrected chi connectivity index (χ3v) is 5.28. The fourth-order valence-electron chi connectivity index (χ4n) is 3.02. The molecule has 118 valence electrons. The SMILES string of the molecule is Cc1oc2ncn(C)c(=O)c2c1C(=O)N1CCc2sccc2C1. The number of hydrogen-bond acceptors (Lipinski definition) is 5. The molecular weight excluding hydrogens is 314 g/mol. The maximum Gasteiger partial charge on any atom is 0.265 e. The molecule has 0 spiro atoms. The molecule has 0 unspecified atom stereocenters. The normalized spacial score (nSPS) is 14.3. The second-order valence-corrected chi connectivity index (χ2v) is 6.72. The van der Waals surface area contributed by atoms with Gasteiger partial charge in [-0.05, 0) is 30.4 Å². The highest BCUT2D eigenvalue weighted by Gasteiger charge is 2.28. The minimum Gasteiger partial charge on any atom is -0.442 e. The lowest BCUT2D eigenvalue weighted by Gasteiger charge is -2.26. The van der Waals surface area contributed by atoms with E-state index in [1.165, 1.54) is 21.3 Å². The summed E-state index contributed by atoms with van der Waals surface area (Å²) in [6, 6.07) is 2.06. The van der Waals surface area contributed by atoms with Crippen molar-refractivity contribution in [1.82, 2.24) is 14.5 Å². The number of nitrogens with zero attached hydrogens (tertiary/aromatic N) is 3. The van der Waals surface area contributed by atoms with E-state index >= 15 is 0 Å².